The monoisotopic (exact) mass is 540 g/mol. The Morgan fingerprint density at radius 3 is 2.35 bits per heavy atom. The first kappa shape index (κ1) is 28.8. The number of ether oxygens (including phenoxy) is 3. The number of nitrogens with zero attached hydrogens (tertiary/aromatic N) is 4. The van der Waals surface area contributed by atoms with E-state index >= 15 is 0 Å². The molecule has 8 nitrogen and oxygen atoms in total. The van der Waals surface area contributed by atoms with Gasteiger partial charge in [-0.15, -0.1) is 0 Å². The topological polar surface area (TPSA) is 101 Å². The van der Waals surface area contributed by atoms with Crippen LogP contribution >= 0.6 is 0 Å². The molecule has 0 aliphatic rings. The van der Waals surface area contributed by atoms with Crippen molar-refractivity contribution in [3.05, 3.63) is 88.2 Å². The molecular formula is C32H36N4O4. The maximum atomic E-state index is 13.0. The molecule has 0 bridgehead atoms. The van der Waals surface area contributed by atoms with Crippen LogP contribution in [0.2, 0.25) is 0 Å². The fourth-order valence-electron chi connectivity index (χ4n) is 5.31. The van der Waals surface area contributed by atoms with E-state index in [1.807, 2.05) is 69.2 Å². The molecule has 0 aliphatic carbocycles. The van der Waals surface area contributed by atoms with Crippen molar-refractivity contribution in [3.63, 3.8) is 0 Å². The fourth-order valence-corrected chi connectivity index (χ4v) is 5.31. The number of fused-ring (bicyclic) bond motifs is 1. The Labute approximate surface area is 235 Å². The standard InChI is InChI=1S/C32H36N4O4/c1-20-15-21(2)34-28(16-20)32(37,13-14-36(3)4)29(24-9-8-10-27(38-5)30(24)39-6)25-18-23-17-22(19-33)11-12-26(23)35-31(25)40-7/h8-12,15-18,29,37H,13-14H2,1-7H3. The number of aromatic nitrogens is 2. The summed E-state index contributed by atoms with van der Waals surface area (Å²) in [6, 6.07) is 19.0. The van der Waals surface area contributed by atoms with Gasteiger partial charge in [0.05, 0.1) is 50.1 Å². The van der Waals surface area contributed by atoms with Crippen molar-refractivity contribution in [1.29, 1.82) is 5.26 Å². The van der Waals surface area contributed by atoms with Crippen molar-refractivity contribution in [2.45, 2.75) is 31.8 Å². The second-order valence-electron chi connectivity index (χ2n) is 10.3. The van der Waals surface area contributed by atoms with Gasteiger partial charge in [-0.25, -0.2) is 4.98 Å². The highest BCUT2D eigenvalue weighted by atomic mass is 16.5. The summed E-state index contributed by atoms with van der Waals surface area (Å²) >= 11 is 0. The lowest BCUT2D eigenvalue weighted by atomic mass is 9.72. The van der Waals surface area contributed by atoms with E-state index in [4.69, 9.17) is 24.2 Å². The van der Waals surface area contributed by atoms with E-state index in [1.165, 1.54) is 0 Å². The van der Waals surface area contributed by atoms with E-state index in [9.17, 15) is 10.4 Å². The van der Waals surface area contributed by atoms with Gasteiger partial charge in [-0.3, -0.25) is 4.98 Å². The summed E-state index contributed by atoms with van der Waals surface area (Å²) < 4.78 is 17.4. The number of aliphatic hydroxyl groups is 1. The van der Waals surface area contributed by atoms with Crippen LogP contribution in [0, 0.1) is 25.2 Å². The molecule has 4 aromatic rings. The number of rotatable bonds is 10. The van der Waals surface area contributed by atoms with Crippen LogP contribution in [0.25, 0.3) is 10.9 Å². The molecule has 2 aromatic heterocycles. The predicted octanol–water partition coefficient (Wildman–Crippen LogP) is 5.12. The van der Waals surface area contributed by atoms with Crippen molar-refractivity contribution in [1.82, 2.24) is 14.9 Å². The third kappa shape index (κ3) is 5.57. The Morgan fingerprint density at radius 2 is 1.73 bits per heavy atom. The molecule has 208 valence electrons. The average molecular weight is 541 g/mol. The Kier molecular flexibility index (Phi) is 8.58. The van der Waals surface area contributed by atoms with Crippen LogP contribution in [0.3, 0.4) is 0 Å². The van der Waals surface area contributed by atoms with Crippen LogP contribution < -0.4 is 14.2 Å². The Morgan fingerprint density at radius 1 is 0.950 bits per heavy atom. The molecule has 0 saturated heterocycles. The van der Waals surface area contributed by atoms with Crippen molar-refractivity contribution in [3.8, 4) is 23.4 Å². The van der Waals surface area contributed by atoms with Gasteiger partial charge in [-0.05, 0) is 82.4 Å². The molecule has 0 spiro atoms. The number of hydrogen-bond acceptors (Lipinski definition) is 8. The number of benzene rings is 2. The molecule has 2 unspecified atom stereocenters. The number of nitriles is 1. The van der Waals surface area contributed by atoms with Crippen LogP contribution in [0.5, 0.6) is 17.4 Å². The van der Waals surface area contributed by atoms with Crippen LogP contribution in [0.15, 0.2) is 54.6 Å². The summed E-state index contributed by atoms with van der Waals surface area (Å²) in [6.07, 6.45) is 0.348. The Hall–Kier alpha value is -4.19. The highest BCUT2D eigenvalue weighted by Crippen LogP contribution is 2.51. The van der Waals surface area contributed by atoms with Gasteiger partial charge in [0.2, 0.25) is 5.88 Å². The van der Waals surface area contributed by atoms with Gasteiger partial charge < -0.3 is 24.2 Å². The lowest BCUT2D eigenvalue weighted by Crippen LogP contribution is -2.39. The minimum atomic E-state index is -1.52. The molecule has 2 aromatic carbocycles. The van der Waals surface area contributed by atoms with Crippen molar-refractivity contribution in [2.75, 3.05) is 42.0 Å². The van der Waals surface area contributed by atoms with E-state index in [0.717, 1.165) is 16.6 Å². The Bertz CT molecular complexity index is 1540. The minimum Gasteiger partial charge on any atom is -0.493 e. The summed E-state index contributed by atoms with van der Waals surface area (Å²) in [5.74, 6) is 0.659. The zero-order valence-electron chi connectivity index (χ0n) is 24.1. The lowest BCUT2D eigenvalue weighted by Gasteiger charge is -2.38. The molecule has 40 heavy (non-hydrogen) atoms. The number of hydrogen-bond donors (Lipinski definition) is 1. The van der Waals surface area contributed by atoms with Gasteiger partial charge >= 0.3 is 0 Å². The summed E-state index contributed by atoms with van der Waals surface area (Å²) in [4.78, 5) is 11.7. The molecule has 0 aliphatic heterocycles. The first-order valence-corrected chi connectivity index (χ1v) is 13.1. The van der Waals surface area contributed by atoms with Gasteiger partial charge in [0.1, 0.15) is 5.60 Å². The van der Waals surface area contributed by atoms with Gasteiger partial charge in [0.25, 0.3) is 0 Å². The summed E-state index contributed by atoms with van der Waals surface area (Å²) in [7, 11) is 8.68. The molecule has 0 amide bonds. The summed E-state index contributed by atoms with van der Waals surface area (Å²) in [5, 5.41) is 23.3. The quantitative estimate of drug-likeness (QED) is 0.296. The number of aryl methyl sites for hydroxylation is 2. The lowest BCUT2D eigenvalue weighted by molar-refractivity contribution is -0.00104. The second-order valence-corrected chi connectivity index (χ2v) is 10.3. The van der Waals surface area contributed by atoms with E-state index in [-0.39, 0.29) is 0 Å². The van der Waals surface area contributed by atoms with Gasteiger partial charge in [0, 0.05) is 28.8 Å². The van der Waals surface area contributed by atoms with Gasteiger partial charge in [-0.1, -0.05) is 12.1 Å². The zero-order valence-corrected chi connectivity index (χ0v) is 24.1. The highest BCUT2D eigenvalue weighted by Gasteiger charge is 2.45. The number of para-hydroxylation sites is 1. The van der Waals surface area contributed by atoms with E-state index in [1.54, 1.807) is 39.5 Å². The molecule has 0 fully saturated rings. The SMILES string of the molecule is COc1cccc(C(c2cc3cc(C#N)ccc3nc2OC)C(O)(CCN(C)C)c2cc(C)cc(C)n2)c1OC. The molecular weight excluding hydrogens is 504 g/mol. The molecule has 8 heteroatoms. The smallest absolute Gasteiger partial charge is 0.217 e. The third-order valence-corrected chi connectivity index (χ3v) is 7.14. The van der Waals surface area contributed by atoms with E-state index in [2.05, 4.69) is 6.07 Å². The normalized spacial score (nSPS) is 13.5. The van der Waals surface area contributed by atoms with Crippen LogP contribution in [0.1, 0.15) is 46.0 Å². The third-order valence-electron chi connectivity index (χ3n) is 7.14. The maximum Gasteiger partial charge on any atom is 0.217 e. The van der Waals surface area contributed by atoms with Crippen molar-refractivity contribution < 1.29 is 19.3 Å². The molecule has 1 N–H and O–H groups in total. The zero-order chi connectivity index (χ0) is 29.0. The van der Waals surface area contributed by atoms with E-state index < -0.39 is 11.5 Å². The van der Waals surface area contributed by atoms with Gasteiger partial charge in [0.15, 0.2) is 11.5 Å². The van der Waals surface area contributed by atoms with E-state index in [0.29, 0.717) is 58.2 Å². The fraction of sp³-hybridized carbons (Fsp3) is 0.344. The van der Waals surface area contributed by atoms with Crippen molar-refractivity contribution in [2.24, 2.45) is 0 Å². The first-order chi connectivity index (χ1) is 19.1. The van der Waals surface area contributed by atoms with Gasteiger partial charge in [-0.2, -0.15) is 5.26 Å². The second kappa shape index (κ2) is 11.9. The summed E-state index contributed by atoms with van der Waals surface area (Å²) in [6.45, 7) is 4.49. The molecule has 2 heterocycles. The molecule has 0 saturated carbocycles. The van der Waals surface area contributed by atoms with Crippen LogP contribution in [0.4, 0.5) is 0 Å². The number of methoxy groups -OCH3 is 3. The minimum absolute atomic E-state index is 0.348. The van der Waals surface area contributed by atoms with Crippen LogP contribution in [-0.4, -0.2) is 61.9 Å². The van der Waals surface area contributed by atoms with Crippen molar-refractivity contribution >= 4 is 10.9 Å². The average Bonchev–Trinajstić information content (AvgIpc) is 2.94. The highest BCUT2D eigenvalue weighted by molar-refractivity contribution is 5.82. The van der Waals surface area contributed by atoms with Crippen LogP contribution in [-0.2, 0) is 5.60 Å². The predicted molar refractivity (Wildman–Crippen MR) is 155 cm³/mol. The number of pyridine rings is 2. The first-order valence-electron chi connectivity index (χ1n) is 13.1. The largest absolute Gasteiger partial charge is 0.493 e. The molecule has 0 radical (unpaired) electrons. The maximum absolute atomic E-state index is 13.0. The molecule has 2 atom stereocenters. The summed E-state index contributed by atoms with van der Waals surface area (Å²) in [5.41, 5.74) is 3.34. The Balaban J connectivity index is 2.14. The molecule has 4 rings (SSSR count).